The number of halogens is 1. The average molecular weight is 326 g/mol. The molecular weight excluding hydrogens is 306 g/mol. The first kappa shape index (κ1) is 14.5. The molecule has 2 rings (SSSR count). The van der Waals surface area contributed by atoms with Gasteiger partial charge in [-0.05, 0) is 47.8 Å². The molecule has 1 amide bonds. The number of piperidine rings is 1. The second-order valence-electron chi connectivity index (χ2n) is 4.89. The molecule has 0 aromatic carbocycles. The second-order valence-corrected chi connectivity index (χ2v) is 5.81. The van der Waals surface area contributed by atoms with Gasteiger partial charge in [-0.3, -0.25) is 9.78 Å². The van der Waals surface area contributed by atoms with Crippen molar-refractivity contribution in [2.24, 2.45) is 0 Å². The lowest BCUT2D eigenvalue weighted by molar-refractivity contribution is 0.0648. The van der Waals surface area contributed by atoms with Crippen LogP contribution in [0.3, 0.4) is 0 Å². The molecule has 1 fully saturated rings. The molecule has 1 atom stereocenters. The summed E-state index contributed by atoms with van der Waals surface area (Å²) in [6.07, 6.45) is 6.54. The van der Waals surface area contributed by atoms with Crippen LogP contribution in [0.15, 0.2) is 22.9 Å². The Bertz CT molecular complexity index is 432. The molecule has 4 nitrogen and oxygen atoms in total. The van der Waals surface area contributed by atoms with Gasteiger partial charge in [0.1, 0.15) is 0 Å². The minimum atomic E-state index is 0.0874. The molecule has 1 N–H and O–H groups in total. The fraction of sp³-hybridized carbons (Fsp3) is 0.571. The van der Waals surface area contributed by atoms with Crippen molar-refractivity contribution in [3.63, 3.8) is 0 Å². The van der Waals surface area contributed by atoms with Gasteiger partial charge in [0.05, 0.1) is 5.56 Å². The second kappa shape index (κ2) is 7.01. The third kappa shape index (κ3) is 3.76. The highest BCUT2D eigenvalue weighted by Crippen LogP contribution is 2.17. The van der Waals surface area contributed by atoms with Crippen LogP contribution in [-0.4, -0.2) is 41.5 Å². The first-order chi connectivity index (χ1) is 9.22. The van der Waals surface area contributed by atoms with Crippen LogP contribution in [0, 0.1) is 0 Å². The normalized spacial score (nSPS) is 19.2. The number of amides is 1. The molecule has 0 bridgehead atoms. The number of pyridine rings is 1. The minimum Gasteiger partial charge on any atom is -0.334 e. The maximum absolute atomic E-state index is 12.6. The van der Waals surface area contributed by atoms with Crippen molar-refractivity contribution in [3.8, 4) is 0 Å². The highest BCUT2D eigenvalue weighted by Gasteiger charge is 2.25. The van der Waals surface area contributed by atoms with Gasteiger partial charge < -0.3 is 10.2 Å². The number of aromatic nitrogens is 1. The summed E-state index contributed by atoms with van der Waals surface area (Å²) in [7, 11) is 0. The number of nitrogens with zero attached hydrogens (tertiary/aromatic N) is 2. The molecule has 1 saturated heterocycles. The van der Waals surface area contributed by atoms with Gasteiger partial charge in [-0.1, -0.05) is 6.92 Å². The topological polar surface area (TPSA) is 45.2 Å². The van der Waals surface area contributed by atoms with E-state index in [4.69, 9.17) is 0 Å². The van der Waals surface area contributed by atoms with Crippen LogP contribution in [0.5, 0.6) is 0 Å². The molecule has 5 heteroatoms. The summed E-state index contributed by atoms with van der Waals surface area (Å²) < 4.78 is 0.844. The van der Waals surface area contributed by atoms with E-state index in [1.807, 2.05) is 11.0 Å². The van der Waals surface area contributed by atoms with Crippen molar-refractivity contribution >= 4 is 21.8 Å². The fourth-order valence-corrected chi connectivity index (χ4v) is 2.85. The van der Waals surface area contributed by atoms with E-state index in [9.17, 15) is 4.79 Å². The van der Waals surface area contributed by atoms with Crippen molar-refractivity contribution in [3.05, 3.63) is 28.5 Å². The SMILES string of the molecule is CCCN(C(=O)c1cncc(Br)c1)C1CCCNC1. The molecule has 1 aliphatic rings. The van der Waals surface area contributed by atoms with E-state index in [2.05, 4.69) is 33.2 Å². The van der Waals surface area contributed by atoms with E-state index in [1.165, 1.54) is 0 Å². The van der Waals surface area contributed by atoms with Crippen LogP contribution < -0.4 is 5.32 Å². The summed E-state index contributed by atoms with van der Waals surface area (Å²) in [5.41, 5.74) is 0.661. The van der Waals surface area contributed by atoms with E-state index < -0.39 is 0 Å². The maximum atomic E-state index is 12.6. The molecular formula is C14H20BrN3O. The first-order valence-electron chi connectivity index (χ1n) is 6.84. The monoisotopic (exact) mass is 325 g/mol. The minimum absolute atomic E-state index is 0.0874. The van der Waals surface area contributed by atoms with Gasteiger partial charge in [0.15, 0.2) is 0 Å². The lowest BCUT2D eigenvalue weighted by Gasteiger charge is -2.34. The third-order valence-electron chi connectivity index (χ3n) is 3.39. The van der Waals surface area contributed by atoms with Crippen LogP contribution in [0.4, 0.5) is 0 Å². The Morgan fingerprint density at radius 3 is 3.05 bits per heavy atom. The molecule has 1 aromatic rings. The van der Waals surface area contributed by atoms with Crippen molar-refractivity contribution in [2.75, 3.05) is 19.6 Å². The lowest BCUT2D eigenvalue weighted by Crippen LogP contribution is -2.49. The zero-order valence-electron chi connectivity index (χ0n) is 11.2. The van der Waals surface area contributed by atoms with E-state index in [0.717, 1.165) is 43.4 Å². The molecule has 0 radical (unpaired) electrons. The summed E-state index contributed by atoms with van der Waals surface area (Å²) in [6.45, 7) is 4.86. The van der Waals surface area contributed by atoms with Gasteiger partial charge >= 0.3 is 0 Å². The number of hydrogen-bond acceptors (Lipinski definition) is 3. The van der Waals surface area contributed by atoms with Crippen molar-refractivity contribution in [1.82, 2.24) is 15.2 Å². The number of rotatable bonds is 4. The van der Waals surface area contributed by atoms with Gasteiger partial charge in [-0.25, -0.2) is 0 Å². The molecule has 1 aromatic heterocycles. The molecule has 104 valence electrons. The molecule has 0 spiro atoms. The number of carbonyl (C=O) groups is 1. The highest BCUT2D eigenvalue weighted by molar-refractivity contribution is 9.10. The van der Waals surface area contributed by atoms with Gasteiger partial charge in [-0.15, -0.1) is 0 Å². The quantitative estimate of drug-likeness (QED) is 0.924. The predicted octanol–water partition coefficient (Wildman–Crippen LogP) is 2.45. The Morgan fingerprint density at radius 2 is 2.42 bits per heavy atom. The molecule has 1 aliphatic heterocycles. The zero-order valence-corrected chi connectivity index (χ0v) is 12.8. The summed E-state index contributed by atoms with van der Waals surface area (Å²) in [6, 6.07) is 2.15. The van der Waals surface area contributed by atoms with Crippen LogP contribution in [-0.2, 0) is 0 Å². The van der Waals surface area contributed by atoms with E-state index in [0.29, 0.717) is 11.6 Å². The lowest BCUT2D eigenvalue weighted by atomic mass is 10.0. The Balaban J connectivity index is 2.15. The molecule has 1 unspecified atom stereocenters. The molecule has 0 saturated carbocycles. The molecule has 0 aliphatic carbocycles. The van der Waals surface area contributed by atoms with Crippen LogP contribution >= 0.6 is 15.9 Å². The van der Waals surface area contributed by atoms with Gasteiger partial charge in [0.25, 0.3) is 5.91 Å². The average Bonchev–Trinajstić information content (AvgIpc) is 2.45. The predicted molar refractivity (Wildman–Crippen MR) is 79.2 cm³/mol. The summed E-state index contributed by atoms with van der Waals surface area (Å²) in [4.78, 5) is 18.7. The van der Waals surface area contributed by atoms with Crippen molar-refractivity contribution in [2.45, 2.75) is 32.2 Å². The molecule has 2 heterocycles. The zero-order chi connectivity index (χ0) is 13.7. The standard InChI is InChI=1S/C14H20BrN3O/c1-2-6-18(13-4-3-5-16-10-13)14(19)11-7-12(15)9-17-8-11/h7-9,13,16H,2-6,10H2,1H3. The van der Waals surface area contributed by atoms with Crippen LogP contribution in [0.1, 0.15) is 36.5 Å². The largest absolute Gasteiger partial charge is 0.334 e. The Labute approximate surface area is 122 Å². The Morgan fingerprint density at radius 1 is 1.58 bits per heavy atom. The van der Waals surface area contributed by atoms with Crippen molar-refractivity contribution < 1.29 is 4.79 Å². The van der Waals surface area contributed by atoms with E-state index in [1.54, 1.807) is 12.4 Å². The molecule has 19 heavy (non-hydrogen) atoms. The smallest absolute Gasteiger partial charge is 0.255 e. The highest BCUT2D eigenvalue weighted by atomic mass is 79.9. The summed E-state index contributed by atoms with van der Waals surface area (Å²) in [5.74, 6) is 0.0874. The third-order valence-corrected chi connectivity index (χ3v) is 3.82. The van der Waals surface area contributed by atoms with Crippen molar-refractivity contribution in [1.29, 1.82) is 0 Å². The van der Waals surface area contributed by atoms with E-state index >= 15 is 0 Å². The summed E-state index contributed by atoms with van der Waals surface area (Å²) in [5, 5.41) is 3.37. The first-order valence-corrected chi connectivity index (χ1v) is 7.64. The van der Waals surface area contributed by atoms with Gasteiger partial charge in [0.2, 0.25) is 0 Å². The number of hydrogen-bond donors (Lipinski definition) is 1. The Hall–Kier alpha value is -0.940. The van der Waals surface area contributed by atoms with Crippen LogP contribution in [0.25, 0.3) is 0 Å². The summed E-state index contributed by atoms with van der Waals surface area (Å²) >= 11 is 3.37. The van der Waals surface area contributed by atoms with E-state index in [-0.39, 0.29) is 5.91 Å². The fourth-order valence-electron chi connectivity index (χ4n) is 2.48. The van der Waals surface area contributed by atoms with Gasteiger partial charge in [0, 0.05) is 36.0 Å². The maximum Gasteiger partial charge on any atom is 0.255 e. The van der Waals surface area contributed by atoms with Crippen LogP contribution in [0.2, 0.25) is 0 Å². The Kier molecular flexibility index (Phi) is 5.34. The van der Waals surface area contributed by atoms with Gasteiger partial charge in [-0.2, -0.15) is 0 Å². The number of nitrogens with one attached hydrogen (secondary N) is 1. The number of carbonyl (C=O) groups excluding carboxylic acids is 1.